The highest BCUT2D eigenvalue weighted by Crippen LogP contribution is 2.35. The van der Waals surface area contributed by atoms with E-state index < -0.39 is 0 Å². The fraction of sp³-hybridized carbons (Fsp3) is 0.462. The number of carbonyl (C=O) groups excluding carboxylic acids is 1. The summed E-state index contributed by atoms with van der Waals surface area (Å²) in [4.78, 5) is 13.4. The van der Waals surface area contributed by atoms with E-state index in [1.165, 1.54) is 12.1 Å². The number of amides is 1. The van der Waals surface area contributed by atoms with E-state index in [1.807, 2.05) is 0 Å². The number of benzene rings is 1. The van der Waals surface area contributed by atoms with Crippen LogP contribution in [0.4, 0.5) is 14.9 Å². The van der Waals surface area contributed by atoms with Gasteiger partial charge in [0.1, 0.15) is 11.9 Å². The Morgan fingerprint density at radius 2 is 2.12 bits per heavy atom. The molecule has 0 spiro atoms. The molecular weight excluding hydrogens is 221 g/mol. The van der Waals surface area contributed by atoms with Gasteiger partial charge in [-0.15, -0.1) is 0 Å². The molecule has 0 aromatic heterocycles. The molecule has 2 aliphatic rings. The van der Waals surface area contributed by atoms with E-state index in [4.69, 9.17) is 4.74 Å². The number of carbonyl (C=O) groups is 1. The Morgan fingerprint density at radius 1 is 1.29 bits per heavy atom. The highest BCUT2D eigenvalue weighted by molar-refractivity contribution is 5.90. The lowest BCUT2D eigenvalue weighted by molar-refractivity contribution is 0.113. The number of anilines is 1. The summed E-state index contributed by atoms with van der Waals surface area (Å²) in [6.07, 6.45) is 3.71. The standard InChI is InChI=1S/C13H14FNO2/c14-9-4-3-5-10(8-9)15-11-6-1-2-7-12(11)17-13(15)16/h3-5,8,11-12H,1-2,6-7H2/t11-,12+/m0/s1. The van der Waals surface area contributed by atoms with Gasteiger partial charge in [0.25, 0.3) is 0 Å². The van der Waals surface area contributed by atoms with Gasteiger partial charge in [-0.25, -0.2) is 9.18 Å². The number of halogens is 1. The maximum Gasteiger partial charge on any atom is 0.415 e. The lowest BCUT2D eigenvalue weighted by Crippen LogP contribution is -2.38. The molecule has 17 heavy (non-hydrogen) atoms. The predicted molar refractivity (Wildman–Crippen MR) is 61.4 cm³/mol. The Hall–Kier alpha value is -1.58. The summed E-state index contributed by atoms with van der Waals surface area (Å²) >= 11 is 0. The normalized spacial score (nSPS) is 27.8. The van der Waals surface area contributed by atoms with Crippen molar-refractivity contribution in [3.05, 3.63) is 30.1 Å². The molecule has 1 heterocycles. The van der Waals surface area contributed by atoms with Gasteiger partial charge >= 0.3 is 6.09 Å². The van der Waals surface area contributed by atoms with Crippen LogP contribution in [0.15, 0.2) is 24.3 Å². The zero-order valence-electron chi connectivity index (χ0n) is 9.43. The zero-order chi connectivity index (χ0) is 11.8. The summed E-state index contributed by atoms with van der Waals surface area (Å²) < 4.78 is 18.5. The molecule has 1 aromatic carbocycles. The molecule has 3 nitrogen and oxygen atoms in total. The van der Waals surface area contributed by atoms with E-state index in [0.29, 0.717) is 5.69 Å². The Kier molecular flexibility index (Phi) is 2.50. The van der Waals surface area contributed by atoms with Crippen LogP contribution in [0.5, 0.6) is 0 Å². The number of rotatable bonds is 1. The summed E-state index contributed by atoms with van der Waals surface area (Å²) in [6, 6.07) is 6.22. The number of nitrogens with zero attached hydrogens (tertiary/aromatic N) is 1. The minimum absolute atomic E-state index is 0.0143. The smallest absolute Gasteiger partial charge is 0.415 e. The maximum atomic E-state index is 13.2. The van der Waals surface area contributed by atoms with Crippen molar-refractivity contribution in [1.29, 1.82) is 0 Å². The number of hydrogen-bond donors (Lipinski definition) is 0. The molecule has 90 valence electrons. The van der Waals surface area contributed by atoms with Crippen LogP contribution in [-0.2, 0) is 4.74 Å². The molecule has 0 N–H and O–H groups in total. The second kappa shape index (κ2) is 4.02. The lowest BCUT2D eigenvalue weighted by atomic mass is 9.92. The molecule has 4 heteroatoms. The summed E-state index contributed by atoms with van der Waals surface area (Å²) in [5.74, 6) is -0.324. The first kappa shape index (κ1) is 10.6. The van der Waals surface area contributed by atoms with Crippen LogP contribution in [0.1, 0.15) is 25.7 Å². The molecule has 1 saturated carbocycles. The molecule has 2 fully saturated rings. The molecule has 1 aliphatic carbocycles. The van der Waals surface area contributed by atoms with Crippen molar-refractivity contribution in [3.8, 4) is 0 Å². The first-order chi connectivity index (χ1) is 8.25. The number of hydrogen-bond acceptors (Lipinski definition) is 2. The summed E-state index contributed by atoms with van der Waals surface area (Å²) in [7, 11) is 0. The Bertz CT molecular complexity index is 449. The fourth-order valence-corrected chi connectivity index (χ4v) is 2.75. The molecule has 1 aromatic rings. The van der Waals surface area contributed by atoms with Crippen LogP contribution in [0.2, 0.25) is 0 Å². The fourth-order valence-electron chi connectivity index (χ4n) is 2.75. The third-order valence-corrected chi connectivity index (χ3v) is 3.53. The summed E-state index contributed by atoms with van der Waals surface area (Å²) in [5.41, 5.74) is 0.601. The third-order valence-electron chi connectivity index (χ3n) is 3.53. The van der Waals surface area contributed by atoms with Gasteiger partial charge in [-0.2, -0.15) is 0 Å². The minimum Gasteiger partial charge on any atom is -0.444 e. The van der Waals surface area contributed by atoms with Gasteiger partial charge in [-0.05, 0) is 37.5 Å². The van der Waals surface area contributed by atoms with Gasteiger partial charge in [0, 0.05) is 0 Å². The van der Waals surface area contributed by atoms with Gasteiger partial charge in [0.05, 0.1) is 11.7 Å². The second-order valence-electron chi connectivity index (χ2n) is 4.62. The van der Waals surface area contributed by atoms with Crippen molar-refractivity contribution in [2.24, 2.45) is 0 Å². The van der Waals surface area contributed by atoms with E-state index in [2.05, 4.69) is 0 Å². The number of fused-ring (bicyclic) bond motifs is 1. The highest BCUT2D eigenvalue weighted by Gasteiger charge is 2.43. The summed E-state index contributed by atoms with van der Waals surface area (Å²) in [5, 5.41) is 0. The van der Waals surface area contributed by atoms with E-state index in [0.717, 1.165) is 25.7 Å². The molecule has 2 atom stereocenters. The van der Waals surface area contributed by atoms with Gasteiger partial charge in [0.15, 0.2) is 0 Å². The zero-order valence-corrected chi connectivity index (χ0v) is 9.43. The van der Waals surface area contributed by atoms with Gasteiger partial charge in [-0.1, -0.05) is 12.5 Å². The molecule has 0 radical (unpaired) electrons. The topological polar surface area (TPSA) is 29.5 Å². The molecular formula is C13H14FNO2. The number of ether oxygens (including phenoxy) is 1. The average Bonchev–Trinajstić information content (AvgIpc) is 2.64. The van der Waals surface area contributed by atoms with Crippen molar-refractivity contribution < 1.29 is 13.9 Å². The molecule has 0 bridgehead atoms. The minimum atomic E-state index is -0.340. The van der Waals surface area contributed by atoms with Crippen LogP contribution in [0.3, 0.4) is 0 Å². The van der Waals surface area contributed by atoms with Crippen molar-refractivity contribution in [2.75, 3.05) is 4.90 Å². The Balaban J connectivity index is 1.93. The van der Waals surface area contributed by atoms with Crippen molar-refractivity contribution in [3.63, 3.8) is 0 Å². The van der Waals surface area contributed by atoms with Crippen molar-refractivity contribution in [2.45, 2.75) is 37.8 Å². The lowest BCUT2D eigenvalue weighted by Gasteiger charge is -2.27. The van der Waals surface area contributed by atoms with E-state index in [1.54, 1.807) is 17.0 Å². The van der Waals surface area contributed by atoms with E-state index in [-0.39, 0.29) is 24.1 Å². The quantitative estimate of drug-likeness (QED) is 0.748. The first-order valence-electron chi connectivity index (χ1n) is 6.01. The monoisotopic (exact) mass is 235 g/mol. The molecule has 0 unspecified atom stereocenters. The second-order valence-corrected chi connectivity index (χ2v) is 4.62. The van der Waals surface area contributed by atoms with Crippen molar-refractivity contribution >= 4 is 11.8 Å². The summed E-state index contributed by atoms with van der Waals surface area (Å²) in [6.45, 7) is 0. The van der Waals surface area contributed by atoms with Crippen LogP contribution < -0.4 is 4.90 Å². The SMILES string of the molecule is O=C1O[C@@H]2CCCC[C@@H]2N1c1cccc(F)c1. The maximum absolute atomic E-state index is 13.2. The van der Waals surface area contributed by atoms with Gasteiger partial charge in [0.2, 0.25) is 0 Å². The molecule has 3 rings (SSSR count). The van der Waals surface area contributed by atoms with Crippen LogP contribution in [0, 0.1) is 5.82 Å². The largest absolute Gasteiger partial charge is 0.444 e. The van der Waals surface area contributed by atoms with Crippen LogP contribution in [-0.4, -0.2) is 18.2 Å². The van der Waals surface area contributed by atoms with Crippen LogP contribution in [0.25, 0.3) is 0 Å². The Labute approximate surface area is 99.2 Å². The van der Waals surface area contributed by atoms with Gasteiger partial charge in [-0.3, -0.25) is 4.90 Å². The highest BCUT2D eigenvalue weighted by atomic mass is 19.1. The van der Waals surface area contributed by atoms with Crippen molar-refractivity contribution in [1.82, 2.24) is 0 Å². The molecule has 1 saturated heterocycles. The predicted octanol–water partition coefficient (Wildman–Crippen LogP) is 3.09. The third kappa shape index (κ3) is 1.77. The molecule has 1 amide bonds. The Morgan fingerprint density at radius 3 is 2.94 bits per heavy atom. The molecule has 1 aliphatic heterocycles. The average molecular weight is 235 g/mol. The van der Waals surface area contributed by atoms with E-state index in [9.17, 15) is 9.18 Å². The van der Waals surface area contributed by atoms with Crippen LogP contribution >= 0.6 is 0 Å². The van der Waals surface area contributed by atoms with Gasteiger partial charge < -0.3 is 4.74 Å². The van der Waals surface area contributed by atoms with E-state index >= 15 is 0 Å². The first-order valence-corrected chi connectivity index (χ1v) is 6.01.